The first-order chi connectivity index (χ1) is 7.77. The number of anilines is 2. The lowest BCUT2D eigenvalue weighted by atomic mass is 10.1. The van der Waals surface area contributed by atoms with Crippen LogP contribution in [0, 0.1) is 0 Å². The van der Waals surface area contributed by atoms with Gasteiger partial charge in [0, 0.05) is 37.4 Å². The summed E-state index contributed by atoms with van der Waals surface area (Å²) in [6, 6.07) is 12.8. The van der Waals surface area contributed by atoms with Gasteiger partial charge in [0.25, 0.3) is 0 Å². The van der Waals surface area contributed by atoms with Gasteiger partial charge in [-0.25, -0.2) is 0 Å². The lowest BCUT2D eigenvalue weighted by Gasteiger charge is -2.20. The van der Waals surface area contributed by atoms with E-state index in [0.29, 0.717) is 0 Å². The van der Waals surface area contributed by atoms with E-state index in [1.165, 1.54) is 22.1 Å². The molecule has 16 heavy (non-hydrogen) atoms. The van der Waals surface area contributed by atoms with E-state index in [2.05, 4.69) is 60.6 Å². The second kappa shape index (κ2) is 4.44. The quantitative estimate of drug-likeness (QED) is 0.843. The Hall–Kier alpha value is -1.70. The third-order valence-electron chi connectivity index (χ3n) is 3.04. The van der Waals surface area contributed by atoms with E-state index in [1.54, 1.807) is 0 Å². The zero-order chi connectivity index (χ0) is 11.5. The molecule has 2 aromatic carbocycles. The smallest absolute Gasteiger partial charge is 0.0464 e. The topological polar surface area (TPSA) is 15.3 Å². The van der Waals surface area contributed by atoms with Crippen LogP contribution in [0.5, 0.6) is 0 Å². The normalized spacial score (nSPS) is 10.4. The average Bonchev–Trinajstić information content (AvgIpc) is 2.36. The van der Waals surface area contributed by atoms with Crippen LogP contribution in [0.3, 0.4) is 0 Å². The maximum absolute atomic E-state index is 3.26. The maximum atomic E-state index is 3.26. The minimum absolute atomic E-state index is 1.01. The predicted molar refractivity (Wildman–Crippen MR) is 72.4 cm³/mol. The van der Waals surface area contributed by atoms with Gasteiger partial charge in [0.2, 0.25) is 0 Å². The summed E-state index contributed by atoms with van der Waals surface area (Å²) >= 11 is 0. The Morgan fingerprint density at radius 3 is 2.44 bits per heavy atom. The highest BCUT2D eigenvalue weighted by molar-refractivity contribution is 6.03. The van der Waals surface area contributed by atoms with Gasteiger partial charge in [0.1, 0.15) is 0 Å². The van der Waals surface area contributed by atoms with Gasteiger partial charge in [0.15, 0.2) is 0 Å². The molecule has 0 aromatic heterocycles. The average molecular weight is 214 g/mol. The van der Waals surface area contributed by atoms with Crippen molar-refractivity contribution in [2.45, 2.75) is 6.92 Å². The first-order valence-electron chi connectivity index (χ1n) is 5.68. The number of nitrogens with one attached hydrogen (secondary N) is 1. The first-order valence-corrected chi connectivity index (χ1v) is 5.68. The molecule has 84 valence electrons. The Balaban J connectivity index is 2.73. The molecule has 2 aromatic rings. The third-order valence-corrected chi connectivity index (χ3v) is 3.04. The second-order valence-corrected chi connectivity index (χ2v) is 3.95. The zero-order valence-corrected chi connectivity index (χ0v) is 10.1. The summed E-state index contributed by atoms with van der Waals surface area (Å²) in [6.45, 7) is 3.18. The number of benzene rings is 2. The fraction of sp³-hybridized carbons (Fsp3) is 0.286. The van der Waals surface area contributed by atoms with Crippen LogP contribution in [-0.4, -0.2) is 20.6 Å². The molecule has 0 aliphatic rings. The molecule has 1 N–H and O–H groups in total. The first kappa shape index (κ1) is 10.8. The van der Waals surface area contributed by atoms with Crippen molar-refractivity contribution in [3.8, 4) is 0 Å². The molecule has 0 unspecified atom stereocenters. The van der Waals surface area contributed by atoms with Crippen molar-refractivity contribution in [3.63, 3.8) is 0 Å². The fourth-order valence-electron chi connectivity index (χ4n) is 2.02. The van der Waals surface area contributed by atoms with Crippen molar-refractivity contribution < 1.29 is 0 Å². The van der Waals surface area contributed by atoms with Gasteiger partial charge >= 0.3 is 0 Å². The van der Waals surface area contributed by atoms with Crippen molar-refractivity contribution >= 4 is 22.1 Å². The predicted octanol–water partition coefficient (Wildman–Crippen LogP) is 3.34. The van der Waals surface area contributed by atoms with Crippen LogP contribution in [0.1, 0.15) is 6.92 Å². The lowest BCUT2D eigenvalue weighted by molar-refractivity contribution is 0.974. The molecule has 0 aliphatic heterocycles. The third kappa shape index (κ3) is 1.71. The Kier molecular flexibility index (Phi) is 3.00. The van der Waals surface area contributed by atoms with Crippen LogP contribution >= 0.6 is 0 Å². The minimum Gasteiger partial charge on any atom is -0.388 e. The number of fused-ring (bicyclic) bond motifs is 1. The SMILES string of the molecule is CCN(C)c1cccc2cccc(NC)c12. The van der Waals surface area contributed by atoms with E-state index in [-0.39, 0.29) is 0 Å². The number of hydrogen-bond donors (Lipinski definition) is 1. The van der Waals surface area contributed by atoms with E-state index in [9.17, 15) is 0 Å². The molecular weight excluding hydrogens is 196 g/mol. The summed E-state index contributed by atoms with van der Waals surface area (Å²) in [6.07, 6.45) is 0. The molecule has 0 radical (unpaired) electrons. The van der Waals surface area contributed by atoms with Gasteiger partial charge in [-0.3, -0.25) is 0 Å². The van der Waals surface area contributed by atoms with Crippen molar-refractivity contribution in [2.24, 2.45) is 0 Å². The summed E-state index contributed by atoms with van der Waals surface area (Å²) in [4.78, 5) is 2.27. The highest BCUT2D eigenvalue weighted by Crippen LogP contribution is 2.32. The van der Waals surface area contributed by atoms with Crippen LogP contribution in [0.25, 0.3) is 10.8 Å². The Morgan fingerprint density at radius 2 is 1.81 bits per heavy atom. The van der Waals surface area contributed by atoms with E-state index in [0.717, 1.165) is 6.54 Å². The molecule has 0 spiro atoms. The second-order valence-electron chi connectivity index (χ2n) is 3.95. The molecule has 0 fully saturated rings. The highest BCUT2D eigenvalue weighted by atomic mass is 15.1. The van der Waals surface area contributed by atoms with Gasteiger partial charge in [-0.2, -0.15) is 0 Å². The Labute approximate surface area is 96.9 Å². The molecule has 2 rings (SSSR count). The molecule has 2 nitrogen and oxygen atoms in total. The summed E-state index contributed by atoms with van der Waals surface area (Å²) in [5.41, 5.74) is 2.47. The monoisotopic (exact) mass is 214 g/mol. The summed E-state index contributed by atoms with van der Waals surface area (Å²) in [5.74, 6) is 0. The van der Waals surface area contributed by atoms with E-state index in [1.807, 2.05) is 7.05 Å². The lowest BCUT2D eigenvalue weighted by Crippen LogP contribution is -2.16. The van der Waals surface area contributed by atoms with Crippen molar-refractivity contribution in [1.82, 2.24) is 0 Å². The Bertz CT molecular complexity index is 486. The van der Waals surface area contributed by atoms with Crippen LogP contribution in [0.15, 0.2) is 36.4 Å². The van der Waals surface area contributed by atoms with Crippen LogP contribution in [-0.2, 0) is 0 Å². The standard InChI is InChI=1S/C14H18N2/c1-4-16(3)13-10-6-8-11-7-5-9-12(15-2)14(11)13/h5-10,15H,4H2,1-3H3. The number of nitrogens with zero attached hydrogens (tertiary/aromatic N) is 1. The molecule has 0 saturated heterocycles. The van der Waals surface area contributed by atoms with Crippen LogP contribution < -0.4 is 10.2 Å². The van der Waals surface area contributed by atoms with Crippen molar-refractivity contribution in [2.75, 3.05) is 30.9 Å². The summed E-state index contributed by atoms with van der Waals surface area (Å²) in [7, 11) is 4.10. The van der Waals surface area contributed by atoms with Gasteiger partial charge in [-0.1, -0.05) is 24.3 Å². The molecule has 0 bridgehead atoms. The maximum Gasteiger partial charge on any atom is 0.0464 e. The number of rotatable bonds is 3. The van der Waals surface area contributed by atoms with E-state index < -0.39 is 0 Å². The molecule has 0 heterocycles. The molecular formula is C14H18N2. The van der Waals surface area contributed by atoms with Crippen LogP contribution in [0.4, 0.5) is 11.4 Å². The number of hydrogen-bond acceptors (Lipinski definition) is 2. The molecule has 0 atom stereocenters. The van der Waals surface area contributed by atoms with Gasteiger partial charge in [0.05, 0.1) is 0 Å². The summed E-state index contributed by atoms with van der Waals surface area (Å²) < 4.78 is 0. The van der Waals surface area contributed by atoms with E-state index >= 15 is 0 Å². The molecule has 0 saturated carbocycles. The van der Waals surface area contributed by atoms with E-state index in [4.69, 9.17) is 0 Å². The molecule has 0 amide bonds. The largest absolute Gasteiger partial charge is 0.388 e. The molecule has 0 aliphatic carbocycles. The molecule has 2 heteroatoms. The van der Waals surface area contributed by atoms with Gasteiger partial charge in [-0.15, -0.1) is 0 Å². The fourth-order valence-corrected chi connectivity index (χ4v) is 2.02. The summed E-state index contributed by atoms with van der Waals surface area (Å²) in [5, 5.41) is 5.85. The van der Waals surface area contributed by atoms with Gasteiger partial charge in [-0.05, 0) is 24.4 Å². The zero-order valence-electron chi connectivity index (χ0n) is 10.1. The van der Waals surface area contributed by atoms with Crippen LogP contribution in [0.2, 0.25) is 0 Å². The van der Waals surface area contributed by atoms with Gasteiger partial charge < -0.3 is 10.2 Å². The Morgan fingerprint density at radius 1 is 1.12 bits per heavy atom. The highest BCUT2D eigenvalue weighted by Gasteiger charge is 2.07. The minimum atomic E-state index is 1.01. The van der Waals surface area contributed by atoms with Crippen molar-refractivity contribution in [3.05, 3.63) is 36.4 Å². The van der Waals surface area contributed by atoms with Crippen molar-refractivity contribution in [1.29, 1.82) is 0 Å².